The highest BCUT2D eigenvalue weighted by molar-refractivity contribution is 7.65. The van der Waals surface area contributed by atoms with E-state index in [-0.39, 0.29) is 0 Å². The second kappa shape index (κ2) is 9.49. The molecule has 4 aromatic rings. The maximum Gasteiger partial charge on any atom is 0.119 e. The summed E-state index contributed by atoms with van der Waals surface area (Å²) in [7, 11) is -0.514. The van der Waals surface area contributed by atoms with E-state index in [1.165, 1.54) is 16.7 Å². The average Bonchev–Trinajstić information content (AvgIpc) is 2.80. The Kier molecular flexibility index (Phi) is 6.67. The van der Waals surface area contributed by atoms with E-state index < -0.39 is 7.14 Å². The van der Waals surface area contributed by atoms with Crippen molar-refractivity contribution in [2.75, 3.05) is 20.4 Å². The minimum absolute atomic E-state index is 0.822. The van der Waals surface area contributed by atoms with E-state index in [9.17, 15) is 4.57 Å². The number of benzene rings is 2. The molecule has 0 N–H and O–H groups in total. The number of nitrogens with zero attached hydrogens (tertiary/aromatic N) is 2. The van der Waals surface area contributed by atoms with Gasteiger partial charge in [-0.15, -0.1) is 0 Å². The van der Waals surface area contributed by atoms with Crippen LogP contribution in [0.15, 0.2) is 54.5 Å². The maximum atomic E-state index is 12.1. The summed E-state index contributed by atoms with van der Waals surface area (Å²) in [4.78, 5) is 9.72. The maximum absolute atomic E-state index is 12.1. The molecule has 0 bridgehead atoms. The summed E-state index contributed by atoms with van der Waals surface area (Å²) in [6.07, 6.45) is 6.62. The fraction of sp³-hybridized carbons (Fsp3) is 0.286. The third-order valence-electron chi connectivity index (χ3n) is 5.98. The van der Waals surface area contributed by atoms with E-state index in [1.807, 2.05) is 18.3 Å². The second-order valence-electron chi connectivity index (χ2n) is 8.97. The van der Waals surface area contributed by atoms with Crippen LogP contribution in [0, 0.1) is 6.92 Å². The molecule has 2 heterocycles. The lowest BCUT2D eigenvalue weighted by Crippen LogP contribution is -1.99. The van der Waals surface area contributed by atoms with Gasteiger partial charge in [-0.25, -0.2) is 0 Å². The Hall–Kier alpha value is -2.97. The molecule has 2 aromatic carbocycles. The van der Waals surface area contributed by atoms with Crippen molar-refractivity contribution in [1.29, 1.82) is 0 Å². The molecule has 0 saturated carbocycles. The zero-order valence-electron chi connectivity index (χ0n) is 20.1. The molecule has 0 spiro atoms. The molecule has 0 aliphatic carbocycles. The number of fused-ring (bicyclic) bond motifs is 3. The molecule has 170 valence electrons. The van der Waals surface area contributed by atoms with E-state index in [0.29, 0.717) is 0 Å². The van der Waals surface area contributed by atoms with Gasteiger partial charge >= 0.3 is 0 Å². The van der Waals surface area contributed by atoms with Crippen LogP contribution in [-0.2, 0) is 23.8 Å². The SMILES string of the molecule is CCc1nc2cc(C=CP(C)(C)=O)ccc2c2cc(CCc3ccc(OC)cc3C)cnc12. The molecule has 4 rings (SSSR count). The number of ether oxygens (including phenoxy) is 1. The van der Waals surface area contributed by atoms with Crippen LogP contribution < -0.4 is 4.74 Å². The summed E-state index contributed by atoms with van der Waals surface area (Å²) in [5.74, 6) is 2.70. The van der Waals surface area contributed by atoms with Gasteiger partial charge in [0, 0.05) is 17.0 Å². The summed E-state index contributed by atoms with van der Waals surface area (Å²) >= 11 is 0. The zero-order valence-corrected chi connectivity index (χ0v) is 20.9. The predicted molar refractivity (Wildman–Crippen MR) is 140 cm³/mol. The third kappa shape index (κ3) is 5.34. The van der Waals surface area contributed by atoms with Crippen molar-refractivity contribution in [3.8, 4) is 5.75 Å². The first kappa shape index (κ1) is 23.2. The Morgan fingerprint density at radius 3 is 2.55 bits per heavy atom. The van der Waals surface area contributed by atoms with Gasteiger partial charge in [-0.05, 0) is 91.9 Å². The van der Waals surface area contributed by atoms with Gasteiger partial charge in [0.05, 0.1) is 23.8 Å². The van der Waals surface area contributed by atoms with Gasteiger partial charge in [-0.1, -0.05) is 31.2 Å². The number of hydrogen-bond acceptors (Lipinski definition) is 4. The van der Waals surface area contributed by atoms with Gasteiger partial charge in [0.2, 0.25) is 0 Å². The molecular weight excluding hydrogens is 427 g/mol. The molecule has 2 aromatic heterocycles. The van der Waals surface area contributed by atoms with Crippen molar-refractivity contribution in [3.05, 3.63) is 82.4 Å². The molecular formula is C28H31N2O2P. The first-order chi connectivity index (χ1) is 15.8. The molecule has 0 fully saturated rings. The van der Waals surface area contributed by atoms with E-state index in [1.54, 1.807) is 26.3 Å². The van der Waals surface area contributed by atoms with E-state index in [4.69, 9.17) is 14.7 Å². The highest BCUT2D eigenvalue weighted by Crippen LogP contribution is 2.38. The lowest BCUT2D eigenvalue weighted by molar-refractivity contribution is 0.414. The van der Waals surface area contributed by atoms with Gasteiger partial charge in [0.15, 0.2) is 0 Å². The molecule has 0 aliphatic rings. The summed E-state index contributed by atoms with van der Waals surface area (Å²) in [6.45, 7) is 7.79. The first-order valence-electron chi connectivity index (χ1n) is 11.4. The van der Waals surface area contributed by atoms with Gasteiger partial charge in [-0.3, -0.25) is 9.97 Å². The minimum Gasteiger partial charge on any atom is -0.497 e. The lowest BCUT2D eigenvalue weighted by Gasteiger charge is -2.11. The molecule has 5 heteroatoms. The largest absolute Gasteiger partial charge is 0.497 e. The number of rotatable bonds is 7. The molecule has 33 heavy (non-hydrogen) atoms. The van der Waals surface area contributed by atoms with E-state index in [0.717, 1.165) is 58.1 Å². The van der Waals surface area contributed by atoms with Gasteiger partial charge in [-0.2, -0.15) is 0 Å². The number of aryl methyl sites for hydroxylation is 4. The van der Waals surface area contributed by atoms with Gasteiger partial charge in [0.1, 0.15) is 12.9 Å². The van der Waals surface area contributed by atoms with Crippen molar-refractivity contribution < 1.29 is 9.30 Å². The lowest BCUT2D eigenvalue weighted by atomic mass is 9.99. The second-order valence-corrected chi connectivity index (χ2v) is 12.1. The van der Waals surface area contributed by atoms with Crippen LogP contribution >= 0.6 is 7.14 Å². The van der Waals surface area contributed by atoms with E-state index in [2.05, 4.69) is 50.2 Å². The Labute approximate surface area is 196 Å². The van der Waals surface area contributed by atoms with Crippen molar-refractivity contribution >= 4 is 35.0 Å². The van der Waals surface area contributed by atoms with Crippen LogP contribution in [0.4, 0.5) is 0 Å². The van der Waals surface area contributed by atoms with Gasteiger partial charge in [0.25, 0.3) is 0 Å². The van der Waals surface area contributed by atoms with Crippen LogP contribution in [0.5, 0.6) is 5.75 Å². The Bertz CT molecular complexity index is 1400. The smallest absolute Gasteiger partial charge is 0.119 e. The van der Waals surface area contributed by atoms with E-state index >= 15 is 0 Å². The van der Waals surface area contributed by atoms with Crippen molar-refractivity contribution in [1.82, 2.24) is 9.97 Å². The quantitative estimate of drug-likeness (QED) is 0.220. The fourth-order valence-electron chi connectivity index (χ4n) is 4.12. The summed E-state index contributed by atoms with van der Waals surface area (Å²) in [5, 5.41) is 2.25. The Morgan fingerprint density at radius 2 is 1.85 bits per heavy atom. The Balaban J connectivity index is 1.71. The highest BCUT2D eigenvalue weighted by Gasteiger charge is 2.11. The van der Waals surface area contributed by atoms with Crippen LogP contribution in [0.3, 0.4) is 0 Å². The number of methoxy groups -OCH3 is 1. The highest BCUT2D eigenvalue weighted by atomic mass is 31.2. The molecule has 0 aliphatic heterocycles. The molecule has 0 amide bonds. The molecule has 0 unspecified atom stereocenters. The summed E-state index contributed by atoms with van der Waals surface area (Å²) < 4.78 is 17.4. The molecule has 0 radical (unpaired) electrons. The first-order valence-corrected chi connectivity index (χ1v) is 14.0. The van der Waals surface area contributed by atoms with Crippen molar-refractivity contribution in [2.45, 2.75) is 33.1 Å². The summed E-state index contributed by atoms with van der Waals surface area (Å²) in [5.41, 5.74) is 7.74. The zero-order chi connectivity index (χ0) is 23.6. The number of hydrogen-bond donors (Lipinski definition) is 0. The molecule has 4 nitrogen and oxygen atoms in total. The van der Waals surface area contributed by atoms with Crippen LogP contribution in [0.1, 0.15) is 34.9 Å². The van der Waals surface area contributed by atoms with Crippen LogP contribution in [-0.4, -0.2) is 30.4 Å². The number of aromatic nitrogens is 2. The third-order valence-corrected chi connectivity index (χ3v) is 6.85. The van der Waals surface area contributed by atoms with Crippen molar-refractivity contribution in [3.63, 3.8) is 0 Å². The van der Waals surface area contributed by atoms with Crippen LogP contribution in [0.2, 0.25) is 0 Å². The topological polar surface area (TPSA) is 52.1 Å². The summed E-state index contributed by atoms with van der Waals surface area (Å²) in [6, 6.07) is 14.8. The monoisotopic (exact) mass is 458 g/mol. The normalized spacial score (nSPS) is 12.2. The molecule has 0 saturated heterocycles. The minimum atomic E-state index is -2.21. The molecule has 0 atom stereocenters. The standard InChI is InChI=1S/C28H31N2O2P/c1-6-26-28-25(24-12-8-20(17-27(24)30-26)13-14-33(4,5)31)16-21(18-29-28)7-9-22-10-11-23(32-3)15-19(22)2/h8,10-18H,6-7,9H2,1-5H3. The van der Waals surface area contributed by atoms with Gasteiger partial charge < -0.3 is 9.30 Å². The number of pyridine rings is 2. The van der Waals surface area contributed by atoms with Crippen molar-refractivity contribution in [2.24, 2.45) is 0 Å². The van der Waals surface area contributed by atoms with Crippen LogP contribution in [0.25, 0.3) is 27.9 Å². The fourth-order valence-corrected chi connectivity index (χ4v) is 4.65. The Morgan fingerprint density at radius 1 is 1.03 bits per heavy atom. The predicted octanol–water partition coefficient (Wildman–Crippen LogP) is 7.04. The average molecular weight is 459 g/mol.